The van der Waals surface area contributed by atoms with Crippen LogP contribution in [0.1, 0.15) is 112 Å². The van der Waals surface area contributed by atoms with Crippen LogP contribution in [0.3, 0.4) is 0 Å². The van der Waals surface area contributed by atoms with Gasteiger partial charge in [-0.15, -0.1) is 0 Å². The quantitative estimate of drug-likeness (QED) is 0.111. The zero-order chi connectivity index (χ0) is 61.2. The summed E-state index contributed by atoms with van der Waals surface area (Å²) in [5, 5.41) is 21.0. The number of hydrogen-bond donors (Lipinski definition) is 0. The van der Waals surface area contributed by atoms with Gasteiger partial charge in [-0.1, -0.05) is 225 Å². The number of hydrogen-bond acceptors (Lipinski definition) is 2. The van der Waals surface area contributed by atoms with Crippen LogP contribution in [-0.4, -0.2) is 0 Å². The van der Waals surface area contributed by atoms with Crippen LogP contribution < -0.4 is 9.80 Å². The summed E-state index contributed by atoms with van der Waals surface area (Å²) in [6, 6.07) is 93.1. The summed E-state index contributed by atoms with van der Waals surface area (Å²) < 4.78 is 0. The van der Waals surface area contributed by atoms with E-state index in [1.807, 2.05) is 0 Å². The van der Waals surface area contributed by atoms with Crippen molar-refractivity contribution in [3.63, 3.8) is 0 Å². The molecule has 0 saturated carbocycles. The minimum Gasteiger partial charge on any atom is -0.310 e. The number of benzene rings is 15. The van der Waals surface area contributed by atoms with Crippen LogP contribution >= 0.6 is 0 Å². The standard InChI is InChI=1S/C88H72N2/c1-51(2)55-27-31-57(32-28-55)89(61-37-41-71-77-45-43-75-69-23-13-11-19-65(69)67-21-15-17-25-73(67)83(75)85(77)87(7,8)81(71)49-61)59-35-39-63-54(6)80-48-60(36-40-64(80)53(5)79(63)47-59)90(58-33-29-56(30-34-58)52(3)4)62-38-42-72-78-46-44-76-70-24-14-12-20-66(70)68-22-16-18-26-74(68)84(76)86(78)88(9,10)82(72)50-62/h11-52H,1-10H3. The van der Waals surface area contributed by atoms with E-state index < -0.39 is 0 Å². The maximum absolute atomic E-state index is 2.50. The molecule has 2 nitrogen and oxygen atoms in total. The maximum atomic E-state index is 2.50. The Morgan fingerprint density at radius 2 is 0.522 bits per heavy atom. The second-order valence-corrected chi connectivity index (χ2v) is 27.6. The predicted octanol–water partition coefficient (Wildman–Crippen LogP) is 25.3. The van der Waals surface area contributed by atoms with E-state index in [9.17, 15) is 0 Å². The van der Waals surface area contributed by atoms with Gasteiger partial charge in [-0.2, -0.15) is 0 Å². The first-order chi connectivity index (χ1) is 43.6. The molecule has 0 N–H and O–H groups in total. The molecule has 2 aliphatic rings. The summed E-state index contributed by atoms with van der Waals surface area (Å²) in [6.07, 6.45) is 0. The molecule has 2 aliphatic carbocycles. The minimum absolute atomic E-state index is 0.273. The molecule has 0 atom stereocenters. The van der Waals surface area contributed by atoms with Crippen molar-refractivity contribution in [3.05, 3.63) is 287 Å². The van der Waals surface area contributed by atoms with Gasteiger partial charge in [0.2, 0.25) is 0 Å². The third-order valence-electron chi connectivity index (χ3n) is 21.3. The Balaban J connectivity index is 0.792. The van der Waals surface area contributed by atoms with Gasteiger partial charge >= 0.3 is 0 Å². The lowest BCUT2D eigenvalue weighted by Crippen LogP contribution is -2.17. The Kier molecular flexibility index (Phi) is 11.9. The summed E-state index contributed by atoms with van der Waals surface area (Å²) >= 11 is 0. The zero-order valence-corrected chi connectivity index (χ0v) is 53.1. The molecule has 0 radical (unpaired) electrons. The average molecular weight is 1160 g/mol. The number of rotatable bonds is 8. The van der Waals surface area contributed by atoms with E-state index in [1.54, 1.807) is 0 Å². The van der Waals surface area contributed by atoms with Gasteiger partial charge in [-0.05, 0) is 251 Å². The van der Waals surface area contributed by atoms with Gasteiger partial charge in [0.05, 0.1) is 0 Å². The first kappa shape index (κ1) is 54.2. The van der Waals surface area contributed by atoms with Crippen molar-refractivity contribution in [2.45, 2.75) is 91.9 Å². The Hall–Kier alpha value is -10.0. The second-order valence-electron chi connectivity index (χ2n) is 27.6. The van der Waals surface area contributed by atoms with E-state index in [0.29, 0.717) is 11.8 Å². The molecule has 0 fully saturated rings. The van der Waals surface area contributed by atoms with Crippen molar-refractivity contribution in [3.8, 4) is 22.3 Å². The van der Waals surface area contributed by atoms with Gasteiger partial charge < -0.3 is 9.80 Å². The van der Waals surface area contributed by atoms with Crippen molar-refractivity contribution in [2.75, 3.05) is 9.80 Å². The van der Waals surface area contributed by atoms with Crippen LogP contribution in [0.4, 0.5) is 34.1 Å². The van der Waals surface area contributed by atoms with Crippen LogP contribution in [0.2, 0.25) is 0 Å². The molecule has 17 rings (SSSR count). The van der Waals surface area contributed by atoms with Crippen molar-refractivity contribution < 1.29 is 0 Å². The molecule has 90 heavy (non-hydrogen) atoms. The van der Waals surface area contributed by atoms with Gasteiger partial charge in [0.1, 0.15) is 0 Å². The van der Waals surface area contributed by atoms with E-state index in [-0.39, 0.29) is 10.8 Å². The molecule has 15 aromatic rings. The van der Waals surface area contributed by atoms with Crippen molar-refractivity contribution in [1.82, 2.24) is 0 Å². The highest BCUT2D eigenvalue weighted by Gasteiger charge is 2.40. The lowest BCUT2D eigenvalue weighted by atomic mass is 9.78. The second kappa shape index (κ2) is 19.7. The van der Waals surface area contributed by atoms with E-state index in [1.165, 1.54) is 153 Å². The first-order valence-electron chi connectivity index (χ1n) is 32.5. The number of anilines is 6. The summed E-state index contributed by atoms with van der Waals surface area (Å²) in [4.78, 5) is 4.99. The molecular formula is C88H72N2. The number of fused-ring (bicyclic) bond motifs is 22. The van der Waals surface area contributed by atoms with Gasteiger partial charge in [0, 0.05) is 45.0 Å². The fourth-order valence-corrected chi connectivity index (χ4v) is 16.7. The highest BCUT2D eigenvalue weighted by atomic mass is 15.1. The first-order valence-corrected chi connectivity index (χ1v) is 32.5. The Morgan fingerprint density at radius 3 is 0.867 bits per heavy atom. The normalized spacial score (nSPS) is 13.8. The van der Waals surface area contributed by atoms with Crippen molar-refractivity contribution >= 4 is 120 Å². The SMILES string of the molecule is Cc1c2ccc(N(c3ccc(C(C)C)cc3)c3ccc4c(c3)C(C)(C)c3c-4ccc4c5ccccc5c5ccccc5c34)cc2c(C)c2ccc(N(c3ccc(C(C)C)cc3)c3ccc4c(c3)C(C)(C)c3c-4ccc4c5ccccc5c5ccccc5c34)cc12. The highest BCUT2D eigenvalue weighted by Crippen LogP contribution is 2.58. The van der Waals surface area contributed by atoms with Crippen LogP contribution in [0.5, 0.6) is 0 Å². The molecule has 434 valence electrons. The third-order valence-corrected chi connectivity index (χ3v) is 21.3. The topological polar surface area (TPSA) is 6.48 Å². The molecule has 0 bridgehead atoms. The lowest BCUT2D eigenvalue weighted by Gasteiger charge is -2.30. The fourth-order valence-electron chi connectivity index (χ4n) is 16.7. The van der Waals surface area contributed by atoms with Crippen LogP contribution in [0.25, 0.3) is 108 Å². The largest absolute Gasteiger partial charge is 0.310 e. The molecular weight excluding hydrogens is 1080 g/mol. The molecule has 2 heteroatoms. The molecule has 0 aliphatic heterocycles. The summed E-state index contributed by atoms with van der Waals surface area (Å²) in [7, 11) is 0. The van der Waals surface area contributed by atoms with Gasteiger partial charge in [-0.25, -0.2) is 0 Å². The van der Waals surface area contributed by atoms with Gasteiger partial charge in [0.25, 0.3) is 0 Å². The minimum atomic E-state index is -0.273. The molecule has 0 amide bonds. The van der Waals surface area contributed by atoms with Crippen LogP contribution in [0.15, 0.2) is 243 Å². The third kappa shape index (κ3) is 7.76. The van der Waals surface area contributed by atoms with E-state index >= 15 is 0 Å². The smallest absolute Gasteiger partial charge is 0.0468 e. The van der Waals surface area contributed by atoms with E-state index in [4.69, 9.17) is 0 Å². The Morgan fingerprint density at radius 1 is 0.256 bits per heavy atom. The fraction of sp³-hybridized carbons (Fsp3) is 0.159. The van der Waals surface area contributed by atoms with Gasteiger partial charge in [-0.3, -0.25) is 0 Å². The van der Waals surface area contributed by atoms with Crippen LogP contribution in [-0.2, 0) is 10.8 Å². The Bertz CT molecular complexity index is 5140. The zero-order valence-electron chi connectivity index (χ0n) is 53.1. The van der Waals surface area contributed by atoms with Crippen molar-refractivity contribution in [1.29, 1.82) is 0 Å². The molecule has 0 saturated heterocycles. The van der Waals surface area contributed by atoms with E-state index in [0.717, 1.165) is 34.1 Å². The van der Waals surface area contributed by atoms with Crippen molar-refractivity contribution in [2.24, 2.45) is 0 Å². The number of aryl methyl sites for hydroxylation is 2. The molecule has 0 heterocycles. The molecule has 0 aromatic heterocycles. The molecule has 0 unspecified atom stereocenters. The monoisotopic (exact) mass is 1160 g/mol. The average Bonchev–Trinajstić information content (AvgIpc) is 1.54. The lowest BCUT2D eigenvalue weighted by molar-refractivity contribution is 0.666. The maximum Gasteiger partial charge on any atom is 0.0468 e. The summed E-state index contributed by atoms with van der Waals surface area (Å²) in [6.45, 7) is 23.6. The Labute approximate surface area is 528 Å². The highest BCUT2D eigenvalue weighted by molar-refractivity contribution is 6.29. The summed E-state index contributed by atoms with van der Waals surface area (Å²) in [5.41, 5.74) is 22.4. The molecule has 0 spiro atoms. The van der Waals surface area contributed by atoms with Crippen LogP contribution in [0, 0.1) is 13.8 Å². The molecule has 15 aromatic carbocycles. The number of nitrogens with zero attached hydrogens (tertiary/aromatic N) is 2. The predicted molar refractivity (Wildman–Crippen MR) is 389 cm³/mol. The van der Waals surface area contributed by atoms with Gasteiger partial charge in [0.15, 0.2) is 0 Å². The van der Waals surface area contributed by atoms with E-state index in [2.05, 4.69) is 322 Å². The summed E-state index contributed by atoms with van der Waals surface area (Å²) in [5.74, 6) is 0.852.